The maximum atomic E-state index is 5.60. The number of hydrogen-bond donors (Lipinski definition) is 2. The van der Waals surface area contributed by atoms with E-state index in [1.165, 1.54) is 5.56 Å². The van der Waals surface area contributed by atoms with Crippen LogP contribution in [0, 0.1) is 6.92 Å². The Bertz CT molecular complexity index is 557. The number of nitrogens with one attached hydrogen (secondary N) is 1. The van der Waals surface area contributed by atoms with Gasteiger partial charge in [-0.15, -0.1) is 0 Å². The highest BCUT2D eigenvalue weighted by molar-refractivity contribution is 5.36. The number of nitrogens with zero attached hydrogens (tertiary/aromatic N) is 2. The van der Waals surface area contributed by atoms with Gasteiger partial charge in [-0.05, 0) is 30.2 Å². The van der Waals surface area contributed by atoms with Crippen LogP contribution in [0.5, 0.6) is 5.75 Å². The Labute approximate surface area is 112 Å². The van der Waals surface area contributed by atoms with E-state index in [1.807, 2.05) is 19.1 Å². The van der Waals surface area contributed by atoms with E-state index >= 15 is 0 Å². The average molecular weight is 258 g/mol. The lowest BCUT2D eigenvalue weighted by Crippen LogP contribution is -2.15. The molecule has 5 nitrogen and oxygen atoms in total. The zero-order chi connectivity index (χ0) is 13.7. The highest BCUT2D eigenvalue weighted by Gasteiger charge is 2.01. The third-order valence-electron chi connectivity index (χ3n) is 2.80. The molecular formula is C14H18N4O. The van der Waals surface area contributed by atoms with E-state index in [9.17, 15) is 0 Å². The molecule has 19 heavy (non-hydrogen) atoms. The molecule has 1 aromatic carbocycles. The first kappa shape index (κ1) is 13.3. The van der Waals surface area contributed by atoms with Gasteiger partial charge in [0, 0.05) is 12.7 Å². The van der Waals surface area contributed by atoms with E-state index < -0.39 is 0 Å². The molecular weight excluding hydrogens is 240 g/mol. The summed E-state index contributed by atoms with van der Waals surface area (Å²) in [7, 11) is 1.68. The molecule has 1 heterocycles. The number of methoxy groups -OCH3 is 1. The molecule has 0 atom stereocenters. The molecule has 0 fully saturated rings. The van der Waals surface area contributed by atoms with Crippen LogP contribution >= 0.6 is 0 Å². The summed E-state index contributed by atoms with van der Waals surface area (Å²) >= 11 is 0. The van der Waals surface area contributed by atoms with Gasteiger partial charge in [0.05, 0.1) is 13.7 Å². The molecule has 0 saturated heterocycles. The molecule has 2 aromatic rings. The van der Waals surface area contributed by atoms with Crippen molar-refractivity contribution in [1.29, 1.82) is 0 Å². The number of nitrogens with two attached hydrogens (primary N) is 1. The van der Waals surface area contributed by atoms with Crippen molar-refractivity contribution in [2.24, 2.45) is 0 Å². The van der Waals surface area contributed by atoms with Gasteiger partial charge < -0.3 is 15.8 Å². The third-order valence-corrected chi connectivity index (χ3v) is 2.80. The minimum absolute atomic E-state index is 0.493. The number of aromatic nitrogens is 2. The van der Waals surface area contributed by atoms with Crippen LogP contribution in [0.1, 0.15) is 17.0 Å². The Morgan fingerprint density at radius 1 is 1.26 bits per heavy atom. The van der Waals surface area contributed by atoms with Crippen molar-refractivity contribution in [2.75, 3.05) is 12.8 Å². The first-order valence-corrected chi connectivity index (χ1v) is 6.10. The Hall–Kier alpha value is -2.14. The molecule has 0 spiro atoms. The molecule has 5 heteroatoms. The minimum Gasteiger partial charge on any atom is -0.496 e. The molecule has 100 valence electrons. The Morgan fingerprint density at radius 3 is 2.79 bits per heavy atom. The quantitative estimate of drug-likeness (QED) is 0.853. The van der Waals surface area contributed by atoms with Crippen LogP contribution in [-0.4, -0.2) is 17.1 Å². The molecule has 0 bridgehead atoms. The largest absolute Gasteiger partial charge is 0.496 e. The fraction of sp³-hybridized carbons (Fsp3) is 0.286. The van der Waals surface area contributed by atoms with Crippen LogP contribution in [0.2, 0.25) is 0 Å². The van der Waals surface area contributed by atoms with Gasteiger partial charge in [0.25, 0.3) is 0 Å². The number of ether oxygens (including phenoxy) is 1. The van der Waals surface area contributed by atoms with Crippen LogP contribution in [0.15, 0.2) is 30.5 Å². The van der Waals surface area contributed by atoms with E-state index in [1.54, 1.807) is 19.4 Å². The van der Waals surface area contributed by atoms with Gasteiger partial charge in [-0.25, -0.2) is 9.97 Å². The second-order valence-electron chi connectivity index (χ2n) is 4.31. The standard InChI is InChI=1S/C14H18N4O/c1-10-7-11(3-4-12(10)19-2)8-16-9-14-17-6-5-13(15)18-14/h3-7,16H,8-9H2,1-2H3,(H2,15,17,18). The molecule has 0 aliphatic carbocycles. The van der Waals surface area contributed by atoms with Crippen molar-refractivity contribution in [3.05, 3.63) is 47.4 Å². The Morgan fingerprint density at radius 2 is 2.11 bits per heavy atom. The number of benzene rings is 1. The van der Waals surface area contributed by atoms with Crippen molar-refractivity contribution in [1.82, 2.24) is 15.3 Å². The molecule has 0 aliphatic rings. The lowest BCUT2D eigenvalue weighted by molar-refractivity contribution is 0.411. The zero-order valence-corrected chi connectivity index (χ0v) is 11.2. The van der Waals surface area contributed by atoms with Gasteiger partial charge in [-0.1, -0.05) is 12.1 Å². The molecule has 0 aliphatic heterocycles. The number of rotatable bonds is 5. The summed E-state index contributed by atoms with van der Waals surface area (Å²) in [4.78, 5) is 8.28. The van der Waals surface area contributed by atoms with Gasteiger partial charge in [0.15, 0.2) is 0 Å². The van der Waals surface area contributed by atoms with Crippen molar-refractivity contribution >= 4 is 5.82 Å². The van der Waals surface area contributed by atoms with E-state index in [0.29, 0.717) is 18.2 Å². The van der Waals surface area contributed by atoms with E-state index in [-0.39, 0.29) is 0 Å². The Balaban J connectivity index is 1.90. The number of hydrogen-bond acceptors (Lipinski definition) is 5. The molecule has 0 saturated carbocycles. The minimum atomic E-state index is 0.493. The normalized spacial score (nSPS) is 10.4. The second kappa shape index (κ2) is 6.15. The summed E-state index contributed by atoms with van der Waals surface area (Å²) in [6.07, 6.45) is 1.66. The van der Waals surface area contributed by atoms with Crippen molar-refractivity contribution < 1.29 is 4.74 Å². The van der Waals surface area contributed by atoms with E-state index in [2.05, 4.69) is 21.4 Å². The predicted molar refractivity (Wildman–Crippen MR) is 74.7 cm³/mol. The lowest BCUT2D eigenvalue weighted by Gasteiger charge is -2.08. The highest BCUT2D eigenvalue weighted by Crippen LogP contribution is 2.18. The van der Waals surface area contributed by atoms with Crippen LogP contribution in [0.4, 0.5) is 5.82 Å². The lowest BCUT2D eigenvalue weighted by atomic mass is 10.1. The van der Waals surface area contributed by atoms with Crippen molar-refractivity contribution in [3.63, 3.8) is 0 Å². The number of anilines is 1. The molecule has 2 rings (SSSR count). The van der Waals surface area contributed by atoms with Gasteiger partial charge in [-0.2, -0.15) is 0 Å². The Kier molecular flexibility index (Phi) is 4.30. The summed E-state index contributed by atoms with van der Waals surface area (Å²) in [6, 6.07) is 7.80. The predicted octanol–water partition coefficient (Wildman–Crippen LogP) is 1.67. The number of aryl methyl sites for hydroxylation is 1. The summed E-state index contributed by atoms with van der Waals surface area (Å²) in [5.74, 6) is 2.10. The van der Waals surface area contributed by atoms with Gasteiger partial charge in [0.1, 0.15) is 17.4 Å². The molecule has 1 aromatic heterocycles. The van der Waals surface area contributed by atoms with Crippen LogP contribution in [-0.2, 0) is 13.1 Å². The fourth-order valence-electron chi connectivity index (χ4n) is 1.87. The third kappa shape index (κ3) is 3.66. The highest BCUT2D eigenvalue weighted by atomic mass is 16.5. The number of nitrogen functional groups attached to an aromatic ring is 1. The fourth-order valence-corrected chi connectivity index (χ4v) is 1.87. The van der Waals surface area contributed by atoms with Crippen LogP contribution < -0.4 is 15.8 Å². The van der Waals surface area contributed by atoms with Crippen LogP contribution in [0.25, 0.3) is 0 Å². The maximum absolute atomic E-state index is 5.60. The molecule has 0 unspecified atom stereocenters. The monoisotopic (exact) mass is 258 g/mol. The van der Waals surface area contributed by atoms with Gasteiger partial charge >= 0.3 is 0 Å². The first-order valence-electron chi connectivity index (χ1n) is 6.10. The van der Waals surface area contributed by atoms with Gasteiger partial charge in [-0.3, -0.25) is 0 Å². The zero-order valence-electron chi connectivity index (χ0n) is 11.2. The van der Waals surface area contributed by atoms with E-state index in [0.717, 1.165) is 17.9 Å². The molecule has 3 N–H and O–H groups in total. The SMILES string of the molecule is COc1ccc(CNCc2nccc(N)n2)cc1C. The average Bonchev–Trinajstić information content (AvgIpc) is 2.39. The smallest absolute Gasteiger partial charge is 0.144 e. The summed E-state index contributed by atoms with van der Waals surface area (Å²) < 4.78 is 5.23. The molecule has 0 amide bonds. The summed E-state index contributed by atoms with van der Waals surface area (Å²) in [5.41, 5.74) is 7.92. The summed E-state index contributed by atoms with van der Waals surface area (Å²) in [5, 5.41) is 3.29. The first-order chi connectivity index (χ1) is 9.19. The topological polar surface area (TPSA) is 73.1 Å². The maximum Gasteiger partial charge on any atom is 0.144 e. The van der Waals surface area contributed by atoms with E-state index in [4.69, 9.17) is 10.5 Å². The van der Waals surface area contributed by atoms with Crippen LogP contribution in [0.3, 0.4) is 0 Å². The van der Waals surface area contributed by atoms with Crippen molar-refractivity contribution in [3.8, 4) is 5.75 Å². The second-order valence-corrected chi connectivity index (χ2v) is 4.31. The molecule has 0 radical (unpaired) electrons. The summed E-state index contributed by atoms with van der Waals surface area (Å²) in [6.45, 7) is 3.38. The van der Waals surface area contributed by atoms with Gasteiger partial charge in [0.2, 0.25) is 0 Å². The van der Waals surface area contributed by atoms with Crippen molar-refractivity contribution in [2.45, 2.75) is 20.0 Å².